The summed E-state index contributed by atoms with van der Waals surface area (Å²) in [5.41, 5.74) is 2.17. The van der Waals surface area contributed by atoms with Gasteiger partial charge in [-0.15, -0.1) is 0 Å². The van der Waals surface area contributed by atoms with Gasteiger partial charge in [-0.05, 0) is 42.0 Å². The van der Waals surface area contributed by atoms with Crippen LogP contribution in [0.25, 0.3) is 0 Å². The molecule has 0 bridgehead atoms. The Labute approximate surface area is 153 Å². The van der Waals surface area contributed by atoms with Crippen molar-refractivity contribution < 1.29 is 9.59 Å². The summed E-state index contributed by atoms with van der Waals surface area (Å²) in [6, 6.07) is 11.8. The van der Waals surface area contributed by atoms with Crippen molar-refractivity contribution in [2.45, 2.75) is 18.9 Å². The van der Waals surface area contributed by atoms with Crippen LogP contribution < -0.4 is 10.6 Å². The van der Waals surface area contributed by atoms with Gasteiger partial charge in [0, 0.05) is 19.5 Å². The van der Waals surface area contributed by atoms with Crippen LogP contribution in [-0.4, -0.2) is 43.9 Å². The molecule has 134 valence electrons. The third-order valence-corrected chi connectivity index (χ3v) is 4.63. The maximum absolute atomic E-state index is 12.0. The number of hydrogen-bond acceptors (Lipinski definition) is 4. The highest BCUT2D eigenvalue weighted by molar-refractivity contribution is 7.07. The van der Waals surface area contributed by atoms with E-state index in [1.165, 1.54) is 5.56 Å². The van der Waals surface area contributed by atoms with Crippen molar-refractivity contribution in [2.75, 3.05) is 27.2 Å². The molecular weight excluding hydrogens is 334 g/mol. The van der Waals surface area contributed by atoms with E-state index in [1.807, 2.05) is 49.8 Å². The van der Waals surface area contributed by atoms with Crippen molar-refractivity contribution in [1.29, 1.82) is 0 Å². The van der Waals surface area contributed by atoms with E-state index in [1.54, 1.807) is 11.3 Å². The van der Waals surface area contributed by atoms with E-state index in [-0.39, 0.29) is 24.3 Å². The van der Waals surface area contributed by atoms with Gasteiger partial charge >= 0.3 is 0 Å². The first-order valence-electron chi connectivity index (χ1n) is 8.32. The zero-order chi connectivity index (χ0) is 18.1. The number of amides is 2. The normalized spacial score (nSPS) is 12.0. The van der Waals surface area contributed by atoms with Gasteiger partial charge in [-0.1, -0.05) is 30.3 Å². The van der Waals surface area contributed by atoms with Crippen molar-refractivity contribution >= 4 is 23.2 Å². The van der Waals surface area contributed by atoms with Gasteiger partial charge in [-0.3, -0.25) is 9.59 Å². The van der Waals surface area contributed by atoms with Crippen LogP contribution in [0.1, 0.15) is 23.6 Å². The minimum atomic E-state index is -0.0663. The van der Waals surface area contributed by atoms with Crippen LogP contribution >= 0.6 is 11.3 Å². The van der Waals surface area contributed by atoms with Gasteiger partial charge in [-0.2, -0.15) is 11.3 Å². The summed E-state index contributed by atoms with van der Waals surface area (Å²) >= 11 is 1.65. The van der Waals surface area contributed by atoms with Gasteiger partial charge in [0.25, 0.3) is 0 Å². The fraction of sp³-hybridized carbons (Fsp3) is 0.368. The molecule has 1 aromatic carbocycles. The van der Waals surface area contributed by atoms with E-state index in [0.29, 0.717) is 19.5 Å². The first-order valence-corrected chi connectivity index (χ1v) is 9.26. The lowest BCUT2D eigenvalue weighted by atomic mass is 10.1. The highest BCUT2D eigenvalue weighted by Crippen LogP contribution is 2.19. The largest absolute Gasteiger partial charge is 0.355 e. The van der Waals surface area contributed by atoms with Crippen LogP contribution in [-0.2, 0) is 16.0 Å². The van der Waals surface area contributed by atoms with Gasteiger partial charge in [0.2, 0.25) is 11.8 Å². The monoisotopic (exact) mass is 359 g/mol. The lowest BCUT2D eigenvalue weighted by Crippen LogP contribution is -2.36. The number of carbonyl (C=O) groups excluding carboxylic acids is 2. The van der Waals surface area contributed by atoms with Crippen molar-refractivity contribution in [2.24, 2.45) is 0 Å². The Kier molecular flexibility index (Phi) is 7.63. The number of rotatable bonds is 9. The van der Waals surface area contributed by atoms with E-state index in [9.17, 15) is 9.59 Å². The molecule has 1 atom stereocenters. The molecule has 1 unspecified atom stereocenters. The van der Waals surface area contributed by atoms with Gasteiger partial charge in [0.15, 0.2) is 0 Å². The average Bonchev–Trinajstić information content (AvgIpc) is 3.10. The zero-order valence-electron chi connectivity index (χ0n) is 14.7. The molecule has 25 heavy (non-hydrogen) atoms. The quantitative estimate of drug-likeness (QED) is 0.722. The molecule has 0 aliphatic carbocycles. The molecule has 2 amide bonds. The maximum Gasteiger partial charge on any atom is 0.224 e. The smallest absolute Gasteiger partial charge is 0.224 e. The Morgan fingerprint density at radius 1 is 1.08 bits per heavy atom. The predicted molar refractivity (Wildman–Crippen MR) is 102 cm³/mol. The summed E-state index contributed by atoms with van der Waals surface area (Å²) in [5, 5.41) is 9.88. The average molecular weight is 359 g/mol. The van der Waals surface area contributed by atoms with Crippen molar-refractivity contribution in [3.8, 4) is 0 Å². The fourth-order valence-corrected chi connectivity index (χ4v) is 3.23. The second kappa shape index (κ2) is 9.96. The molecule has 2 N–H and O–H groups in total. The highest BCUT2D eigenvalue weighted by Gasteiger charge is 2.15. The standard InChI is InChI=1S/C19H25N3O2S/c1-22(2)17(16-9-11-25-14-16)13-21-18(23)8-10-20-19(24)12-15-6-4-3-5-7-15/h3-7,9,11,14,17H,8,10,12-13H2,1-2H3,(H,20,24)(H,21,23). The van der Waals surface area contributed by atoms with Gasteiger partial charge in [0.1, 0.15) is 0 Å². The highest BCUT2D eigenvalue weighted by atomic mass is 32.1. The minimum Gasteiger partial charge on any atom is -0.355 e. The molecule has 0 aliphatic heterocycles. The Hall–Kier alpha value is -2.18. The molecule has 0 saturated heterocycles. The minimum absolute atomic E-state index is 0.0536. The number of thiophene rings is 1. The van der Waals surface area contributed by atoms with Gasteiger partial charge in [-0.25, -0.2) is 0 Å². The Bertz CT molecular complexity index is 657. The van der Waals surface area contributed by atoms with E-state index in [0.717, 1.165) is 5.56 Å². The number of likely N-dealkylation sites (N-methyl/N-ethyl adjacent to an activating group) is 1. The van der Waals surface area contributed by atoms with E-state index >= 15 is 0 Å². The van der Waals surface area contributed by atoms with E-state index in [2.05, 4.69) is 27.0 Å². The summed E-state index contributed by atoms with van der Waals surface area (Å²) < 4.78 is 0. The molecule has 0 fully saturated rings. The van der Waals surface area contributed by atoms with Gasteiger partial charge in [0.05, 0.1) is 12.5 Å². The topological polar surface area (TPSA) is 61.4 Å². The zero-order valence-corrected chi connectivity index (χ0v) is 15.5. The molecule has 5 nitrogen and oxygen atoms in total. The Morgan fingerprint density at radius 3 is 2.48 bits per heavy atom. The van der Waals surface area contributed by atoms with E-state index < -0.39 is 0 Å². The molecule has 0 spiro atoms. The van der Waals surface area contributed by atoms with Crippen molar-refractivity contribution in [3.05, 3.63) is 58.3 Å². The molecule has 0 saturated carbocycles. The number of benzene rings is 1. The number of hydrogen-bond donors (Lipinski definition) is 2. The van der Waals surface area contributed by atoms with Crippen LogP contribution in [0.5, 0.6) is 0 Å². The first-order chi connectivity index (χ1) is 12.1. The third kappa shape index (κ3) is 6.68. The molecule has 0 aliphatic rings. The molecule has 2 rings (SSSR count). The van der Waals surface area contributed by atoms with Crippen LogP contribution in [0.4, 0.5) is 0 Å². The third-order valence-electron chi connectivity index (χ3n) is 3.93. The predicted octanol–water partition coefficient (Wildman–Crippen LogP) is 2.22. The Morgan fingerprint density at radius 2 is 1.84 bits per heavy atom. The van der Waals surface area contributed by atoms with Crippen LogP contribution in [0.15, 0.2) is 47.2 Å². The summed E-state index contributed by atoms with van der Waals surface area (Å²) in [4.78, 5) is 25.9. The molecular formula is C19H25N3O2S. The summed E-state index contributed by atoms with van der Waals surface area (Å²) in [6.45, 7) is 0.906. The lowest BCUT2D eigenvalue weighted by molar-refractivity contribution is -0.122. The second-order valence-corrected chi connectivity index (χ2v) is 6.88. The molecule has 1 heterocycles. The molecule has 0 radical (unpaired) electrons. The molecule has 6 heteroatoms. The summed E-state index contributed by atoms with van der Waals surface area (Å²) in [5.74, 6) is -0.120. The summed E-state index contributed by atoms with van der Waals surface area (Å²) in [7, 11) is 4.00. The first kappa shape index (κ1) is 19.1. The van der Waals surface area contributed by atoms with Crippen molar-refractivity contribution in [1.82, 2.24) is 15.5 Å². The van der Waals surface area contributed by atoms with Crippen LogP contribution in [0, 0.1) is 0 Å². The number of carbonyl (C=O) groups is 2. The second-order valence-electron chi connectivity index (χ2n) is 6.10. The summed E-state index contributed by atoms with van der Waals surface area (Å²) in [6.07, 6.45) is 0.619. The van der Waals surface area contributed by atoms with E-state index in [4.69, 9.17) is 0 Å². The van der Waals surface area contributed by atoms with Crippen LogP contribution in [0.3, 0.4) is 0 Å². The lowest BCUT2D eigenvalue weighted by Gasteiger charge is -2.24. The molecule has 1 aromatic heterocycles. The van der Waals surface area contributed by atoms with Crippen molar-refractivity contribution in [3.63, 3.8) is 0 Å². The van der Waals surface area contributed by atoms with Gasteiger partial charge < -0.3 is 15.5 Å². The SMILES string of the molecule is CN(C)C(CNC(=O)CCNC(=O)Cc1ccccc1)c1ccsc1. The maximum atomic E-state index is 12.0. The van der Waals surface area contributed by atoms with Crippen LogP contribution in [0.2, 0.25) is 0 Å². The molecule has 2 aromatic rings. The number of nitrogens with one attached hydrogen (secondary N) is 2. The Balaban J connectivity index is 1.67. The fourth-order valence-electron chi connectivity index (χ4n) is 2.52. The number of nitrogens with zero attached hydrogens (tertiary/aromatic N) is 1.